The van der Waals surface area contributed by atoms with Crippen LogP contribution in [0.15, 0.2) is 17.5 Å². The van der Waals surface area contributed by atoms with Gasteiger partial charge in [0, 0.05) is 24.5 Å². The fraction of sp³-hybridized carbons (Fsp3) is 0.636. The first-order valence-corrected chi connectivity index (χ1v) is 6.27. The van der Waals surface area contributed by atoms with Gasteiger partial charge >= 0.3 is 0 Å². The summed E-state index contributed by atoms with van der Waals surface area (Å²) in [4.78, 5) is 3.79. The smallest absolute Gasteiger partial charge is 0.0594 e. The molecule has 0 radical (unpaired) electrons. The van der Waals surface area contributed by atoms with E-state index in [9.17, 15) is 0 Å². The molecule has 0 spiro atoms. The number of nitrogens with two attached hydrogens (primary N) is 1. The summed E-state index contributed by atoms with van der Waals surface area (Å²) in [6.45, 7) is 7.29. The minimum absolute atomic E-state index is 0. The second kappa shape index (κ2) is 10.1. The van der Waals surface area contributed by atoms with E-state index in [0.717, 1.165) is 26.2 Å². The summed E-state index contributed by atoms with van der Waals surface area (Å²) >= 11 is 1.81. The van der Waals surface area contributed by atoms with Gasteiger partial charge in [0.05, 0.1) is 13.2 Å². The van der Waals surface area contributed by atoms with E-state index < -0.39 is 0 Å². The van der Waals surface area contributed by atoms with Crippen LogP contribution in [0.4, 0.5) is 0 Å². The molecule has 0 aliphatic heterocycles. The topological polar surface area (TPSA) is 38.5 Å². The Labute approximate surface area is 108 Å². The lowest BCUT2D eigenvalue weighted by Crippen LogP contribution is -2.27. The maximum atomic E-state index is 5.37. The van der Waals surface area contributed by atoms with Gasteiger partial charge in [0.2, 0.25) is 0 Å². The van der Waals surface area contributed by atoms with E-state index in [1.165, 1.54) is 4.88 Å². The van der Waals surface area contributed by atoms with Crippen LogP contribution in [-0.2, 0) is 11.3 Å². The number of hydrogen-bond acceptors (Lipinski definition) is 4. The first-order chi connectivity index (χ1) is 7.36. The van der Waals surface area contributed by atoms with Crippen LogP contribution < -0.4 is 5.73 Å². The third-order valence-corrected chi connectivity index (χ3v) is 3.08. The molecule has 0 unspecified atom stereocenters. The summed E-state index contributed by atoms with van der Waals surface area (Å²) in [6.07, 6.45) is 0. The van der Waals surface area contributed by atoms with Crippen LogP contribution in [0.3, 0.4) is 0 Å². The molecule has 1 aromatic heterocycles. The number of likely N-dealkylation sites (N-methyl/N-ethyl adjacent to an activating group) is 1. The third-order valence-electron chi connectivity index (χ3n) is 2.22. The first kappa shape index (κ1) is 15.9. The Hall–Kier alpha value is -0.130. The molecule has 94 valence electrons. The quantitative estimate of drug-likeness (QED) is 0.730. The van der Waals surface area contributed by atoms with Crippen molar-refractivity contribution in [3.05, 3.63) is 22.4 Å². The highest BCUT2D eigenvalue weighted by molar-refractivity contribution is 7.09. The second-order valence-corrected chi connectivity index (χ2v) is 4.38. The number of halogens is 1. The lowest BCUT2D eigenvalue weighted by Gasteiger charge is -2.19. The lowest BCUT2D eigenvalue weighted by atomic mass is 10.4. The van der Waals surface area contributed by atoms with Gasteiger partial charge in [-0.25, -0.2) is 0 Å². The van der Waals surface area contributed by atoms with Gasteiger partial charge in [0.1, 0.15) is 0 Å². The molecule has 0 aliphatic carbocycles. The van der Waals surface area contributed by atoms with Crippen LogP contribution in [0.2, 0.25) is 0 Å². The van der Waals surface area contributed by atoms with Crippen LogP contribution in [0.1, 0.15) is 11.8 Å². The van der Waals surface area contributed by atoms with Gasteiger partial charge in [0.25, 0.3) is 0 Å². The van der Waals surface area contributed by atoms with Crippen molar-refractivity contribution >= 4 is 23.7 Å². The average molecular weight is 265 g/mol. The van der Waals surface area contributed by atoms with Gasteiger partial charge in [-0.05, 0) is 18.0 Å². The molecule has 1 rings (SSSR count). The molecule has 0 aliphatic rings. The summed E-state index contributed by atoms with van der Waals surface area (Å²) < 4.78 is 5.37. The zero-order valence-electron chi connectivity index (χ0n) is 9.72. The van der Waals surface area contributed by atoms with Gasteiger partial charge in [-0.1, -0.05) is 13.0 Å². The van der Waals surface area contributed by atoms with Crippen molar-refractivity contribution in [2.45, 2.75) is 13.5 Å². The molecular weight excluding hydrogens is 244 g/mol. The number of ether oxygens (including phenoxy) is 1. The van der Waals surface area contributed by atoms with Crippen molar-refractivity contribution in [3.8, 4) is 0 Å². The summed E-state index contributed by atoms with van der Waals surface area (Å²) in [7, 11) is 0. The Kier molecular flexibility index (Phi) is 9.97. The molecule has 0 aromatic carbocycles. The highest BCUT2D eigenvalue weighted by Crippen LogP contribution is 2.11. The van der Waals surface area contributed by atoms with E-state index in [4.69, 9.17) is 10.5 Å². The fourth-order valence-electron chi connectivity index (χ4n) is 1.35. The van der Waals surface area contributed by atoms with E-state index in [1.54, 1.807) is 0 Å². The molecule has 0 bridgehead atoms. The second-order valence-electron chi connectivity index (χ2n) is 3.35. The fourth-order valence-corrected chi connectivity index (χ4v) is 2.10. The van der Waals surface area contributed by atoms with Gasteiger partial charge in [-0.2, -0.15) is 0 Å². The minimum atomic E-state index is 0. The zero-order chi connectivity index (χ0) is 10.9. The van der Waals surface area contributed by atoms with E-state index in [-0.39, 0.29) is 12.4 Å². The molecule has 1 aromatic rings. The van der Waals surface area contributed by atoms with Crippen LogP contribution in [0.25, 0.3) is 0 Å². The zero-order valence-corrected chi connectivity index (χ0v) is 11.4. The molecule has 0 amide bonds. The molecule has 1 heterocycles. The van der Waals surface area contributed by atoms with Crippen molar-refractivity contribution in [3.63, 3.8) is 0 Å². The molecule has 5 heteroatoms. The number of nitrogens with zero attached hydrogens (tertiary/aromatic N) is 1. The largest absolute Gasteiger partial charge is 0.379 e. The Bertz CT molecular complexity index is 244. The number of hydrogen-bond donors (Lipinski definition) is 1. The van der Waals surface area contributed by atoms with Gasteiger partial charge in [0.15, 0.2) is 0 Å². The van der Waals surface area contributed by atoms with E-state index in [0.29, 0.717) is 13.2 Å². The molecular formula is C11H21ClN2OS. The molecule has 0 saturated heterocycles. The van der Waals surface area contributed by atoms with Crippen molar-refractivity contribution in [2.24, 2.45) is 5.73 Å². The Morgan fingerprint density at radius 3 is 2.81 bits per heavy atom. The molecule has 0 saturated carbocycles. The maximum absolute atomic E-state index is 5.37. The standard InChI is InChI=1S/C11H20N2OS.ClH/c1-2-13(6-8-14-7-5-12)10-11-4-3-9-15-11;/h3-4,9H,2,5-8,10,12H2,1H3;1H. The van der Waals surface area contributed by atoms with Crippen molar-refractivity contribution in [1.29, 1.82) is 0 Å². The van der Waals surface area contributed by atoms with Crippen molar-refractivity contribution in [2.75, 3.05) is 32.8 Å². The van der Waals surface area contributed by atoms with Crippen molar-refractivity contribution < 1.29 is 4.74 Å². The molecule has 2 N–H and O–H groups in total. The number of thiophene rings is 1. The number of rotatable bonds is 8. The predicted molar refractivity (Wildman–Crippen MR) is 72.4 cm³/mol. The SMILES string of the molecule is CCN(CCOCCN)Cc1cccs1.Cl. The van der Waals surface area contributed by atoms with E-state index in [1.807, 2.05) is 11.3 Å². The third kappa shape index (κ3) is 6.45. The molecule has 3 nitrogen and oxygen atoms in total. The van der Waals surface area contributed by atoms with E-state index >= 15 is 0 Å². The maximum Gasteiger partial charge on any atom is 0.0594 e. The van der Waals surface area contributed by atoms with Crippen LogP contribution in [-0.4, -0.2) is 37.7 Å². The van der Waals surface area contributed by atoms with Gasteiger partial charge in [-0.15, -0.1) is 23.7 Å². The van der Waals surface area contributed by atoms with Crippen LogP contribution >= 0.6 is 23.7 Å². The van der Waals surface area contributed by atoms with Crippen molar-refractivity contribution in [1.82, 2.24) is 4.90 Å². The Morgan fingerprint density at radius 1 is 1.44 bits per heavy atom. The minimum Gasteiger partial charge on any atom is -0.379 e. The van der Waals surface area contributed by atoms with Gasteiger partial charge < -0.3 is 10.5 Å². The van der Waals surface area contributed by atoms with Crippen LogP contribution in [0.5, 0.6) is 0 Å². The molecule has 0 fully saturated rings. The summed E-state index contributed by atoms with van der Waals surface area (Å²) in [6, 6.07) is 4.27. The molecule has 16 heavy (non-hydrogen) atoms. The Morgan fingerprint density at radius 2 is 2.25 bits per heavy atom. The normalized spacial score (nSPS) is 10.4. The monoisotopic (exact) mass is 264 g/mol. The van der Waals surface area contributed by atoms with Gasteiger partial charge in [-0.3, -0.25) is 4.90 Å². The predicted octanol–water partition coefficient (Wildman–Crippen LogP) is 1.97. The summed E-state index contributed by atoms with van der Waals surface area (Å²) in [5.74, 6) is 0. The van der Waals surface area contributed by atoms with E-state index in [2.05, 4.69) is 29.3 Å². The first-order valence-electron chi connectivity index (χ1n) is 5.39. The van der Waals surface area contributed by atoms with Crippen LogP contribution in [0, 0.1) is 0 Å². The molecule has 0 atom stereocenters. The average Bonchev–Trinajstić information content (AvgIpc) is 2.75. The lowest BCUT2D eigenvalue weighted by molar-refractivity contribution is 0.109. The summed E-state index contributed by atoms with van der Waals surface area (Å²) in [5, 5.41) is 2.12. The highest BCUT2D eigenvalue weighted by atomic mass is 35.5. The highest BCUT2D eigenvalue weighted by Gasteiger charge is 2.03. The Balaban J connectivity index is 0.00000225. The summed E-state index contributed by atoms with van der Waals surface area (Å²) in [5.41, 5.74) is 5.35.